The Morgan fingerprint density at radius 1 is 0.974 bits per heavy atom. The molecular formula is C30H36ClN3O4S. The van der Waals surface area contributed by atoms with Crippen molar-refractivity contribution in [1.29, 1.82) is 0 Å². The van der Waals surface area contributed by atoms with Crippen LogP contribution < -0.4 is 9.62 Å². The number of halogens is 1. The molecule has 3 aromatic carbocycles. The van der Waals surface area contributed by atoms with E-state index in [2.05, 4.69) is 5.32 Å². The molecule has 208 valence electrons. The second-order valence-electron chi connectivity index (χ2n) is 9.58. The van der Waals surface area contributed by atoms with E-state index < -0.39 is 28.5 Å². The van der Waals surface area contributed by atoms with Crippen molar-refractivity contribution in [2.45, 2.75) is 58.0 Å². The van der Waals surface area contributed by atoms with Crippen LogP contribution in [0.1, 0.15) is 43.4 Å². The van der Waals surface area contributed by atoms with E-state index in [1.54, 1.807) is 44.2 Å². The number of sulfonamides is 1. The average Bonchev–Trinajstić information content (AvgIpc) is 2.92. The lowest BCUT2D eigenvalue weighted by Crippen LogP contribution is -2.51. The van der Waals surface area contributed by atoms with Crippen molar-refractivity contribution in [3.8, 4) is 0 Å². The third-order valence-corrected chi connectivity index (χ3v) is 8.53. The summed E-state index contributed by atoms with van der Waals surface area (Å²) in [6.07, 6.45) is 1.74. The van der Waals surface area contributed by atoms with Crippen molar-refractivity contribution in [2.75, 3.05) is 17.4 Å². The number of hydrogen-bond donors (Lipinski definition) is 1. The highest BCUT2D eigenvalue weighted by Gasteiger charge is 2.33. The van der Waals surface area contributed by atoms with Gasteiger partial charge in [0.15, 0.2) is 0 Å². The standard InChI is InChI=1S/C30H36ClN3O4S/c1-5-6-18-32-30(36)24(4)33(20-25-15-12-22(2)13-16-25)29(35)21-34(28-19-26(31)17-14-23(28)3)39(37,38)27-10-8-7-9-11-27/h7-17,19,24H,5-6,18,20-21H2,1-4H3,(H,32,36)/t24-/m0/s1. The molecule has 0 aliphatic rings. The molecule has 0 radical (unpaired) electrons. The molecule has 0 aliphatic carbocycles. The lowest BCUT2D eigenvalue weighted by atomic mass is 10.1. The Kier molecular flexibility index (Phi) is 10.5. The largest absolute Gasteiger partial charge is 0.354 e. The number of carbonyl (C=O) groups excluding carboxylic acids is 2. The molecule has 3 rings (SSSR count). The highest BCUT2D eigenvalue weighted by molar-refractivity contribution is 7.92. The average molecular weight is 570 g/mol. The van der Waals surface area contributed by atoms with Crippen molar-refractivity contribution in [3.63, 3.8) is 0 Å². The number of amides is 2. The first kappa shape index (κ1) is 30.2. The third-order valence-electron chi connectivity index (χ3n) is 6.52. The Labute approximate surface area is 236 Å². The molecule has 1 N–H and O–H groups in total. The number of hydrogen-bond acceptors (Lipinski definition) is 4. The highest BCUT2D eigenvalue weighted by atomic mass is 35.5. The third kappa shape index (κ3) is 7.83. The van der Waals surface area contributed by atoms with E-state index in [9.17, 15) is 18.0 Å². The van der Waals surface area contributed by atoms with Gasteiger partial charge in [-0.2, -0.15) is 0 Å². The number of aryl methyl sites for hydroxylation is 2. The summed E-state index contributed by atoms with van der Waals surface area (Å²) in [5.74, 6) is -0.798. The lowest BCUT2D eigenvalue weighted by Gasteiger charge is -2.32. The van der Waals surface area contributed by atoms with Crippen LogP contribution in [0.15, 0.2) is 77.7 Å². The van der Waals surface area contributed by atoms with Gasteiger partial charge in [-0.3, -0.25) is 13.9 Å². The van der Waals surface area contributed by atoms with Crippen LogP contribution in [-0.4, -0.2) is 44.3 Å². The quantitative estimate of drug-likeness (QED) is 0.292. The molecule has 7 nitrogen and oxygen atoms in total. The van der Waals surface area contributed by atoms with Gasteiger partial charge in [-0.25, -0.2) is 8.42 Å². The Morgan fingerprint density at radius 3 is 2.28 bits per heavy atom. The summed E-state index contributed by atoms with van der Waals surface area (Å²) in [5.41, 5.74) is 2.84. The summed E-state index contributed by atoms with van der Waals surface area (Å²) in [5, 5.41) is 3.23. The molecule has 0 fully saturated rings. The summed E-state index contributed by atoms with van der Waals surface area (Å²) in [6.45, 7) is 7.57. The first-order valence-electron chi connectivity index (χ1n) is 13.0. The minimum absolute atomic E-state index is 0.0487. The molecule has 0 bridgehead atoms. The van der Waals surface area contributed by atoms with Crippen molar-refractivity contribution in [3.05, 3.63) is 94.5 Å². The Balaban J connectivity index is 2.02. The van der Waals surface area contributed by atoms with Gasteiger partial charge in [-0.05, 0) is 62.6 Å². The summed E-state index contributed by atoms with van der Waals surface area (Å²) in [4.78, 5) is 28.5. The number of rotatable bonds is 12. The smallest absolute Gasteiger partial charge is 0.264 e. The fourth-order valence-corrected chi connectivity index (χ4v) is 5.75. The van der Waals surface area contributed by atoms with Crippen LogP contribution >= 0.6 is 11.6 Å². The Hall–Kier alpha value is -3.36. The van der Waals surface area contributed by atoms with Crippen molar-refractivity contribution < 1.29 is 18.0 Å². The van der Waals surface area contributed by atoms with Gasteiger partial charge >= 0.3 is 0 Å². The maximum absolute atomic E-state index is 14.0. The minimum Gasteiger partial charge on any atom is -0.354 e. The van der Waals surface area contributed by atoms with Crippen LogP contribution in [0, 0.1) is 13.8 Å². The number of anilines is 1. The maximum atomic E-state index is 14.0. The zero-order valence-electron chi connectivity index (χ0n) is 22.9. The van der Waals surface area contributed by atoms with Gasteiger partial charge in [-0.15, -0.1) is 0 Å². The van der Waals surface area contributed by atoms with E-state index >= 15 is 0 Å². The molecule has 0 spiro atoms. The van der Waals surface area contributed by atoms with Gasteiger partial charge in [0, 0.05) is 18.1 Å². The van der Waals surface area contributed by atoms with Crippen molar-refractivity contribution in [2.24, 2.45) is 0 Å². The Morgan fingerprint density at radius 2 is 1.64 bits per heavy atom. The fourth-order valence-electron chi connectivity index (χ4n) is 4.09. The molecule has 0 aromatic heterocycles. The molecule has 39 heavy (non-hydrogen) atoms. The SMILES string of the molecule is CCCCNC(=O)[C@H](C)N(Cc1ccc(C)cc1)C(=O)CN(c1cc(Cl)ccc1C)S(=O)(=O)c1ccccc1. The van der Waals surface area contributed by atoms with Crippen LogP contribution in [0.3, 0.4) is 0 Å². The minimum atomic E-state index is -4.14. The zero-order valence-corrected chi connectivity index (χ0v) is 24.4. The van der Waals surface area contributed by atoms with Crippen LogP contribution in [0.5, 0.6) is 0 Å². The second kappa shape index (κ2) is 13.6. The Bertz CT molecular complexity index is 1380. The molecule has 0 aliphatic heterocycles. The number of nitrogens with zero attached hydrogens (tertiary/aromatic N) is 2. The lowest BCUT2D eigenvalue weighted by molar-refractivity contribution is -0.139. The number of unbranched alkanes of at least 4 members (excludes halogenated alkanes) is 1. The molecule has 0 heterocycles. The molecular weight excluding hydrogens is 534 g/mol. The number of nitrogens with one attached hydrogen (secondary N) is 1. The monoisotopic (exact) mass is 569 g/mol. The van der Waals surface area contributed by atoms with Crippen LogP contribution in [0.2, 0.25) is 5.02 Å². The summed E-state index contributed by atoms with van der Waals surface area (Å²) in [6, 6.07) is 19.7. The first-order chi connectivity index (χ1) is 18.5. The van der Waals surface area contributed by atoms with Gasteiger partial charge in [0.2, 0.25) is 11.8 Å². The summed E-state index contributed by atoms with van der Waals surface area (Å²) in [7, 11) is -4.14. The van der Waals surface area contributed by atoms with E-state index in [4.69, 9.17) is 11.6 Å². The van der Waals surface area contributed by atoms with Gasteiger partial charge < -0.3 is 10.2 Å². The van der Waals surface area contributed by atoms with Crippen molar-refractivity contribution >= 4 is 39.1 Å². The molecule has 0 unspecified atom stereocenters. The van der Waals surface area contributed by atoms with E-state index in [0.29, 0.717) is 22.8 Å². The topological polar surface area (TPSA) is 86.8 Å². The summed E-state index contributed by atoms with van der Waals surface area (Å²) < 4.78 is 28.8. The van der Waals surface area contributed by atoms with Gasteiger partial charge in [0.05, 0.1) is 10.6 Å². The van der Waals surface area contributed by atoms with E-state index in [-0.39, 0.29) is 17.3 Å². The molecule has 2 amide bonds. The molecule has 0 saturated heterocycles. The maximum Gasteiger partial charge on any atom is 0.264 e. The number of carbonyl (C=O) groups is 2. The van der Waals surface area contributed by atoms with E-state index in [0.717, 1.165) is 28.3 Å². The number of benzene rings is 3. The van der Waals surface area contributed by atoms with Crippen LogP contribution in [-0.2, 0) is 26.2 Å². The zero-order chi connectivity index (χ0) is 28.6. The van der Waals surface area contributed by atoms with E-state index in [1.807, 2.05) is 38.1 Å². The molecule has 3 aromatic rings. The van der Waals surface area contributed by atoms with Crippen LogP contribution in [0.4, 0.5) is 5.69 Å². The normalized spacial score (nSPS) is 12.0. The molecule has 9 heteroatoms. The molecule has 0 saturated carbocycles. The second-order valence-corrected chi connectivity index (χ2v) is 11.9. The molecule has 1 atom stereocenters. The predicted molar refractivity (Wildman–Crippen MR) is 156 cm³/mol. The van der Waals surface area contributed by atoms with E-state index in [1.165, 1.54) is 23.1 Å². The summed E-state index contributed by atoms with van der Waals surface area (Å²) >= 11 is 6.26. The predicted octanol–water partition coefficient (Wildman–Crippen LogP) is 5.49. The first-order valence-corrected chi connectivity index (χ1v) is 14.8. The van der Waals surface area contributed by atoms with Gasteiger partial charge in [0.1, 0.15) is 12.6 Å². The highest BCUT2D eigenvalue weighted by Crippen LogP contribution is 2.30. The van der Waals surface area contributed by atoms with Gasteiger partial charge in [-0.1, -0.05) is 79.0 Å². The fraction of sp³-hybridized carbons (Fsp3) is 0.333. The van der Waals surface area contributed by atoms with Gasteiger partial charge in [0.25, 0.3) is 10.0 Å². The van der Waals surface area contributed by atoms with Crippen LogP contribution in [0.25, 0.3) is 0 Å². The van der Waals surface area contributed by atoms with Crippen molar-refractivity contribution in [1.82, 2.24) is 10.2 Å².